The van der Waals surface area contributed by atoms with Crippen molar-refractivity contribution in [3.8, 4) is 0 Å². The molecule has 1 aliphatic carbocycles. The molecular weight excluding hydrogens is 442 g/mol. The summed E-state index contributed by atoms with van der Waals surface area (Å²) in [5.74, 6) is 0.109. The van der Waals surface area contributed by atoms with E-state index < -0.39 is 0 Å². The molecule has 4 heteroatoms. The van der Waals surface area contributed by atoms with Crippen LogP contribution in [0.3, 0.4) is 0 Å². The minimum atomic E-state index is -0.128. The molecule has 0 spiro atoms. The second-order valence-electron chi connectivity index (χ2n) is 9.48. The minimum absolute atomic E-state index is 0.128. The van der Waals surface area contributed by atoms with Gasteiger partial charge in [-0.3, -0.25) is 9.48 Å². The van der Waals surface area contributed by atoms with E-state index >= 15 is 0 Å². The number of carbonyl (C=O) groups excluding carboxylic acids is 1. The first-order valence-corrected chi connectivity index (χ1v) is 13.5. The standard InChI is InChI=1S/C27H33N3O.C5H12/c1-21(27(31)17-18-28-23(3)25-13-9-6-10-14-25)15-16-26-19-22(2)30(29-26)20-24-11-7-4-5-8-12-24;1-3-5-4-2/h4,6-16,19,21,23,28H,5,17-18,20H2,1-3H3;3-5H2,1-2H3/b16-15+;/t21?,23-;/m1./s1. The topological polar surface area (TPSA) is 46.9 Å². The second-order valence-corrected chi connectivity index (χ2v) is 9.48. The largest absolute Gasteiger partial charge is 0.310 e. The lowest BCUT2D eigenvalue weighted by atomic mass is 10.0. The number of benzene rings is 1. The summed E-state index contributed by atoms with van der Waals surface area (Å²) < 4.78 is 2.01. The first-order valence-electron chi connectivity index (χ1n) is 13.5. The summed E-state index contributed by atoms with van der Waals surface area (Å²) in [6.07, 6.45) is 20.2. The van der Waals surface area contributed by atoms with Crippen molar-refractivity contribution in [2.45, 2.75) is 79.3 Å². The second kappa shape index (κ2) is 16.6. The predicted octanol–water partition coefficient (Wildman–Crippen LogP) is 7.79. The van der Waals surface area contributed by atoms with Gasteiger partial charge >= 0.3 is 0 Å². The monoisotopic (exact) mass is 487 g/mol. The predicted molar refractivity (Wildman–Crippen MR) is 154 cm³/mol. The van der Waals surface area contributed by atoms with Gasteiger partial charge in [-0.1, -0.05) is 107 Å². The Morgan fingerprint density at radius 1 is 1.14 bits per heavy atom. The van der Waals surface area contributed by atoms with E-state index in [0.717, 1.165) is 24.4 Å². The maximum Gasteiger partial charge on any atom is 0.140 e. The van der Waals surface area contributed by atoms with Gasteiger partial charge in [-0.25, -0.2) is 0 Å². The molecule has 1 aliphatic rings. The average molecular weight is 488 g/mol. The Hall–Kier alpha value is -2.98. The van der Waals surface area contributed by atoms with Gasteiger partial charge in [0.15, 0.2) is 0 Å². The zero-order chi connectivity index (χ0) is 26.2. The van der Waals surface area contributed by atoms with E-state index in [1.54, 1.807) is 0 Å². The molecule has 0 saturated carbocycles. The number of aromatic nitrogens is 2. The number of allylic oxidation sites excluding steroid dienone is 7. The fourth-order valence-electron chi connectivity index (χ4n) is 3.88. The molecule has 0 fully saturated rings. The van der Waals surface area contributed by atoms with Crippen molar-refractivity contribution in [3.63, 3.8) is 0 Å². The van der Waals surface area contributed by atoms with Gasteiger partial charge in [-0.05, 0) is 43.5 Å². The quantitative estimate of drug-likeness (QED) is 0.332. The number of hydrogen-bond donors (Lipinski definition) is 1. The number of aryl methyl sites for hydroxylation is 1. The number of nitrogens with zero attached hydrogens (tertiary/aromatic N) is 2. The van der Waals surface area contributed by atoms with E-state index in [-0.39, 0.29) is 17.7 Å². The van der Waals surface area contributed by atoms with Crippen molar-refractivity contribution < 1.29 is 4.79 Å². The fraction of sp³-hybridized carbons (Fsp3) is 0.438. The van der Waals surface area contributed by atoms with E-state index in [9.17, 15) is 4.79 Å². The van der Waals surface area contributed by atoms with Crippen LogP contribution in [0.1, 0.15) is 82.8 Å². The minimum Gasteiger partial charge on any atom is -0.310 e. The number of ketones is 1. The van der Waals surface area contributed by atoms with Crippen LogP contribution in [0.2, 0.25) is 0 Å². The molecule has 0 radical (unpaired) electrons. The molecule has 194 valence electrons. The Kier molecular flexibility index (Phi) is 13.5. The van der Waals surface area contributed by atoms with Crippen LogP contribution in [0.15, 0.2) is 78.4 Å². The van der Waals surface area contributed by atoms with E-state index in [2.05, 4.69) is 81.6 Å². The number of carbonyl (C=O) groups is 1. The van der Waals surface area contributed by atoms with Crippen molar-refractivity contribution in [1.29, 1.82) is 0 Å². The molecule has 0 amide bonds. The molecule has 1 aromatic heterocycles. The SMILES string of the molecule is CCCCC.Cc1cc(/C=C/C(C)C(=O)CCN[C@H](C)c2ccccc2)nn1CC1=CC=CCC=C1. The van der Waals surface area contributed by atoms with E-state index in [1.165, 1.54) is 30.4 Å². The van der Waals surface area contributed by atoms with E-state index in [1.807, 2.05) is 42.0 Å². The van der Waals surface area contributed by atoms with Crippen LogP contribution < -0.4 is 5.32 Å². The van der Waals surface area contributed by atoms with Gasteiger partial charge in [0, 0.05) is 30.6 Å². The Balaban J connectivity index is 0.000000830. The maximum absolute atomic E-state index is 12.5. The first-order chi connectivity index (χ1) is 17.4. The highest BCUT2D eigenvalue weighted by atomic mass is 16.1. The lowest BCUT2D eigenvalue weighted by Gasteiger charge is -2.14. The highest BCUT2D eigenvalue weighted by Crippen LogP contribution is 2.14. The summed E-state index contributed by atoms with van der Waals surface area (Å²) in [6.45, 7) is 12.0. The lowest BCUT2D eigenvalue weighted by molar-refractivity contribution is -0.121. The van der Waals surface area contributed by atoms with Crippen LogP contribution in [0.4, 0.5) is 0 Å². The smallest absolute Gasteiger partial charge is 0.140 e. The molecule has 1 unspecified atom stereocenters. The molecule has 2 aromatic rings. The molecule has 3 rings (SSSR count). The summed E-state index contributed by atoms with van der Waals surface area (Å²) >= 11 is 0. The molecule has 36 heavy (non-hydrogen) atoms. The Morgan fingerprint density at radius 2 is 1.89 bits per heavy atom. The van der Waals surface area contributed by atoms with Gasteiger partial charge in [-0.2, -0.15) is 5.10 Å². The van der Waals surface area contributed by atoms with Crippen LogP contribution in [0, 0.1) is 12.8 Å². The zero-order valence-electron chi connectivity index (χ0n) is 22.9. The average Bonchev–Trinajstić information content (AvgIpc) is 3.06. The highest BCUT2D eigenvalue weighted by Gasteiger charge is 2.11. The van der Waals surface area contributed by atoms with Gasteiger partial charge in [-0.15, -0.1) is 0 Å². The summed E-state index contributed by atoms with van der Waals surface area (Å²) in [5.41, 5.74) is 4.47. The molecule has 0 saturated heterocycles. The summed E-state index contributed by atoms with van der Waals surface area (Å²) in [7, 11) is 0. The highest BCUT2D eigenvalue weighted by molar-refractivity contribution is 5.83. The van der Waals surface area contributed by atoms with E-state index in [4.69, 9.17) is 5.10 Å². The van der Waals surface area contributed by atoms with Gasteiger partial charge in [0.2, 0.25) is 0 Å². The molecule has 1 N–H and O–H groups in total. The van der Waals surface area contributed by atoms with Crippen molar-refractivity contribution in [2.75, 3.05) is 6.54 Å². The third-order valence-electron chi connectivity index (χ3n) is 6.28. The zero-order valence-corrected chi connectivity index (χ0v) is 22.9. The molecule has 0 bridgehead atoms. The lowest BCUT2D eigenvalue weighted by Crippen LogP contribution is -2.23. The van der Waals surface area contributed by atoms with Crippen LogP contribution in [-0.4, -0.2) is 22.1 Å². The van der Waals surface area contributed by atoms with Crippen molar-refractivity contribution in [2.24, 2.45) is 5.92 Å². The summed E-state index contributed by atoms with van der Waals surface area (Å²) in [4.78, 5) is 12.5. The van der Waals surface area contributed by atoms with Gasteiger partial charge in [0.1, 0.15) is 5.78 Å². The fourth-order valence-corrected chi connectivity index (χ4v) is 3.88. The maximum atomic E-state index is 12.5. The van der Waals surface area contributed by atoms with Crippen LogP contribution in [-0.2, 0) is 11.3 Å². The van der Waals surface area contributed by atoms with Crippen molar-refractivity contribution in [1.82, 2.24) is 15.1 Å². The van der Waals surface area contributed by atoms with E-state index in [0.29, 0.717) is 13.0 Å². The van der Waals surface area contributed by atoms with Crippen LogP contribution >= 0.6 is 0 Å². The molecule has 2 atom stereocenters. The van der Waals surface area contributed by atoms with Gasteiger partial charge in [0.05, 0.1) is 12.2 Å². The Labute approximate surface area is 218 Å². The number of Topliss-reactive ketones (excluding diaryl/α,β-unsaturated/α-hetero) is 1. The Morgan fingerprint density at radius 3 is 2.58 bits per heavy atom. The number of nitrogens with one attached hydrogen (secondary N) is 1. The summed E-state index contributed by atoms with van der Waals surface area (Å²) in [5, 5.41) is 8.13. The number of unbranched alkanes of at least 4 members (excludes halogenated alkanes) is 2. The third-order valence-corrected chi connectivity index (χ3v) is 6.28. The van der Waals surface area contributed by atoms with Gasteiger partial charge in [0.25, 0.3) is 0 Å². The van der Waals surface area contributed by atoms with Gasteiger partial charge < -0.3 is 5.32 Å². The molecule has 0 aliphatic heterocycles. The summed E-state index contributed by atoms with van der Waals surface area (Å²) in [6, 6.07) is 12.6. The molecule has 4 nitrogen and oxygen atoms in total. The van der Waals surface area contributed by atoms with Crippen LogP contribution in [0.5, 0.6) is 0 Å². The molecule has 1 heterocycles. The first kappa shape index (κ1) is 29.3. The normalized spacial score (nSPS) is 14.6. The molecular formula is C32H45N3O. The Bertz CT molecular complexity index is 1020. The third kappa shape index (κ3) is 10.7. The van der Waals surface area contributed by atoms with Crippen molar-refractivity contribution >= 4 is 11.9 Å². The molecule has 1 aromatic carbocycles. The van der Waals surface area contributed by atoms with Crippen LogP contribution in [0.25, 0.3) is 6.08 Å². The van der Waals surface area contributed by atoms with Crippen molar-refractivity contribution in [3.05, 3.63) is 95.4 Å². The number of rotatable bonds is 12. The number of hydrogen-bond acceptors (Lipinski definition) is 3.